The molecule has 0 fully saturated rings. The average molecular weight is 275 g/mol. The van der Waals surface area contributed by atoms with E-state index < -0.39 is 0 Å². The minimum absolute atomic E-state index is 0.493. The van der Waals surface area contributed by atoms with E-state index in [0.29, 0.717) is 11.7 Å². The third kappa shape index (κ3) is 3.38. The molecule has 0 spiro atoms. The summed E-state index contributed by atoms with van der Waals surface area (Å²) in [5.74, 6) is 1.80. The summed E-state index contributed by atoms with van der Waals surface area (Å²) in [4.78, 5) is 9.39. The highest BCUT2D eigenvalue weighted by Gasteiger charge is 2.10. The number of nitrogens with zero attached hydrogens (tertiary/aromatic N) is 2. The van der Waals surface area contributed by atoms with Crippen molar-refractivity contribution >= 4 is 17.6 Å². The molecule has 0 atom stereocenters. The highest BCUT2D eigenvalue weighted by molar-refractivity contribution is 7.98. The summed E-state index contributed by atoms with van der Waals surface area (Å²) in [6, 6.07) is 7.90. The number of nitrogen functional groups attached to an aromatic ring is 1. The van der Waals surface area contributed by atoms with Gasteiger partial charge < -0.3 is 10.5 Å². The minimum Gasteiger partial charge on any atom is -0.439 e. The molecule has 19 heavy (non-hydrogen) atoms. The second kappa shape index (κ2) is 6.43. The number of nitrogens with two attached hydrogens (primary N) is 1. The Balaban J connectivity index is 2.24. The summed E-state index contributed by atoms with van der Waals surface area (Å²) in [7, 11) is 0. The van der Waals surface area contributed by atoms with Crippen molar-refractivity contribution in [1.82, 2.24) is 9.97 Å². The van der Waals surface area contributed by atoms with Gasteiger partial charge in [0.05, 0.1) is 5.56 Å². The number of rotatable bonds is 5. The van der Waals surface area contributed by atoms with Gasteiger partial charge in [0.25, 0.3) is 0 Å². The lowest BCUT2D eigenvalue weighted by Crippen LogP contribution is -2.02. The van der Waals surface area contributed by atoms with Gasteiger partial charge >= 0.3 is 0 Å². The number of hydrogen-bond donors (Lipinski definition) is 1. The molecular formula is C14H17N3OS. The standard InChI is InChI=1S/C14H17N3OS/c1-3-4-12-13(15)16-9-17-14(12)18-10-5-7-11(19-2)8-6-10/h5-9H,3-4H2,1-2H3,(H2,15,16,17). The lowest BCUT2D eigenvalue weighted by Gasteiger charge is -2.10. The Labute approximate surface area is 117 Å². The maximum atomic E-state index is 5.87. The van der Waals surface area contributed by atoms with Crippen molar-refractivity contribution in [1.29, 1.82) is 0 Å². The van der Waals surface area contributed by atoms with Crippen molar-refractivity contribution in [3.05, 3.63) is 36.2 Å². The Kier molecular flexibility index (Phi) is 4.63. The van der Waals surface area contributed by atoms with E-state index in [4.69, 9.17) is 10.5 Å². The number of aromatic nitrogens is 2. The van der Waals surface area contributed by atoms with Crippen molar-refractivity contribution < 1.29 is 4.74 Å². The van der Waals surface area contributed by atoms with E-state index in [9.17, 15) is 0 Å². The van der Waals surface area contributed by atoms with Crippen LogP contribution in [0.3, 0.4) is 0 Å². The van der Waals surface area contributed by atoms with Crippen LogP contribution < -0.4 is 10.5 Å². The zero-order chi connectivity index (χ0) is 13.7. The highest BCUT2D eigenvalue weighted by Crippen LogP contribution is 2.27. The van der Waals surface area contributed by atoms with Gasteiger partial charge in [-0.1, -0.05) is 13.3 Å². The van der Waals surface area contributed by atoms with Crippen LogP contribution in [0.4, 0.5) is 5.82 Å². The predicted molar refractivity (Wildman–Crippen MR) is 78.7 cm³/mol. The average Bonchev–Trinajstić information content (AvgIpc) is 2.43. The largest absolute Gasteiger partial charge is 0.439 e. The van der Waals surface area contributed by atoms with Crippen molar-refractivity contribution in [2.45, 2.75) is 24.7 Å². The van der Waals surface area contributed by atoms with Crippen LogP contribution in [0, 0.1) is 0 Å². The van der Waals surface area contributed by atoms with Crippen molar-refractivity contribution in [3.63, 3.8) is 0 Å². The van der Waals surface area contributed by atoms with Gasteiger partial charge in [-0.2, -0.15) is 0 Å². The topological polar surface area (TPSA) is 61.0 Å². The summed E-state index contributed by atoms with van der Waals surface area (Å²) in [6.45, 7) is 2.09. The van der Waals surface area contributed by atoms with E-state index in [-0.39, 0.29) is 0 Å². The molecule has 0 aliphatic heterocycles. The molecule has 0 amide bonds. The number of ether oxygens (including phenoxy) is 1. The predicted octanol–water partition coefficient (Wildman–Crippen LogP) is 3.53. The Morgan fingerprint density at radius 2 is 1.95 bits per heavy atom. The van der Waals surface area contributed by atoms with Gasteiger partial charge in [0.1, 0.15) is 17.9 Å². The first-order chi connectivity index (χ1) is 9.24. The molecule has 1 heterocycles. The second-order valence-electron chi connectivity index (χ2n) is 4.07. The minimum atomic E-state index is 0.493. The van der Waals surface area contributed by atoms with E-state index in [1.807, 2.05) is 30.5 Å². The molecular weight excluding hydrogens is 258 g/mol. The van der Waals surface area contributed by atoms with Crippen LogP contribution >= 0.6 is 11.8 Å². The smallest absolute Gasteiger partial charge is 0.227 e. The Bertz CT molecular complexity index is 543. The van der Waals surface area contributed by atoms with Crippen LogP contribution in [0.5, 0.6) is 11.6 Å². The molecule has 0 radical (unpaired) electrons. The molecule has 2 rings (SSSR count). The maximum absolute atomic E-state index is 5.87. The molecule has 0 bridgehead atoms. The van der Waals surface area contributed by atoms with Gasteiger partial charge in [0.2, 0.25) is 5.88 Å². The first-order valence-electron chi connectivity index (χ1n) is 6.15. The zero-order valence-corrected chi connectivity index (χ0v) is 11.9. The molecule has 0 aliphatic rings. The molecule has 0 saturated carbocycles. The Morgan fingerprint density at radius 1 is 1.21 bits per heavy atom. The molecule has 0 aliphatic carbocycles. The SMILES string of the molecule is CCCc1c(N)ncnc1Oc1ccc(SC)cc1. The second-order valence-corrected chi connectivity index (χ2v) is 4.95. The third-order valence-electron chi connectivity index (χ3n) is 2.71. The first-order valence-corrected chi connectivity index (χ1v) is 7.38. The van der Waals surface area contributed by atoms with Crippen LogP contribution in [0.1, 0.15) is 18.9 Å². The monoisotopic (exact) mass is 275 g/mol. The van der Waals surface area contributed by atoms with Gasteiger partial charge in [0, 0.05) is 4.90 Å². The highest BCUT2D eigenvalue weighted by atomic mass is 32.2. The first kappa shape index (κ1) is 13.7. The summed E-state index contributed by atoms with van der Waals surface area (Å²) in [5, 5.41) is 0. The fraction of sp³-hybridized carbons (Fsp3) is 0.286. The Hall–Kier alpha value is -1.75. The third-order valence-corrected chi connectivity index (χ3v) is 3.46. The lowest BCUT2D eigenvalue weighted by molar-refractivity contribution is 0.454. The number of hydrogen-bond acceptors (Lipinski definition) is 5. The molecule has 4 nitrogen and oxygen atoms in total. The number of anilines is 1. The molecule has 100 valence electrons. The lowest BCUT2D eigenvalue weighted by atomic mass is 10.2. The fourth-order valence-corrected chi connectivity index (χ4v) is 2.15. The van der Waals surface area contributed by atoms with Gasteiger partial charge in [-0.25, -0.2) is 9.97 Å². The van der Waals surface area contributed by atoms with E-state index in [2.05, 4.69) is 16.9 Å². The van der Waals surface area contributed by atoms with Crippen LogP contribution in [0.15, 0.2) is 35.5 Å². The molecule has 5 heteroatoms. The van der Waals surface area contributed by atoms with Crippen LogP contribution in [0.2, 0.25) is 0 Å². The molecule has 1 aromatic carbocycles. The summed E-state index contributed by atoms with van der Waals surface area (Å²) < 4.78 is 5.80. The molecule has 1 aromatic heterocycles. The van der Waals surface area contributed by atoms with Crippen molar-refractivity contribution in [3.8, 4) is 11.6 Å². The van der Waals surface area contributed by atoms with Crippen LogP contribution in [-0.4, -0.2) is 16.2 Å². The maximum Gasteiger partial charge on any atom is 0.227 e. The summed E-state index contributed by atoms with van der Waals surface area (Å²) in [6.07, 6.45) is 5.25. The quantitative estimate of drug-likeness (QED) is 0.846. The van der Waals surface area contributed by atoms with E-state index in [1.54, 1.807) is 11.8 Å². The fourth-order valence-electron chi connectivity index (χ4n) is 1.74. The summed E-state index contributed by atoms with van der Waals surface area (Å²) >= 11 is 1.70. The molecule has 2 aromatic rings. The molecule has 0 saturated heterocycles. The normalized spacial score (nSPS) is 10.4. The molecule has 2 N–H and O–H groups in total. The molecule has 0 unspecified atom stereocenters. The van der Waals surface area contributed by atoms with Gasteiger partial charge in [0.15, 0.2) is 0 Å². The van der Waals surface area contributed by atoms with E-state index >= 15 is 0 Å². The Morgan fingerprint density at radius 3 is 2.58 bits per heavy atom. The van der Waals surface area contributed by atoms with Crippen LogP contribution in [-0.2, 0) is 6.42 Å². The van der Waals surface area contributed by atoms with E-state index in [0.717, 1.165) is 24.2 Å². The van der Waals surface area contributed by atoms with Crippen molar-refractivity contribution in [2.75, 3.05) is 12.0 Å². The van der Waals surface area contributed by atoms with Gasteiger partial charge in [-0.05, 0) is 36.9 Å². The number of benzene rings is 1. The number of thioether (sulfide) groups is 1. The summed E-state index contributed by atoms with van der Waals surface area (Å²) in [5.41, 5.74) is 6.75. The van der Waals surface area contributed by atoms with Gasteiger partial charge in [-0.15, -0.1) is 11.8 Å². The zero-order valence-electron chi connectivity index (χ0n) is 11.1. The van der Waals surface area contributed by atoms with E-state index in [1.165, 1.54) is 11.2 Å². The van der Waals surface area contributed by atoms with Crippen LogP contribution in [0.25, 0.3) is 0 Å². The van der Waals surface area contributed by atoms with Crippen molar-refractivity contribution in [2.24, 2.45) is 0 Å². The van der Waals surface area contributed by atoms with Gasteiger partial charge in [-0.3, -0.25) is 0 Å².